The fourth-order valence-electron chi connectivity index (χ4n) is 2.42. The molecule has 2 aromatic rings. The summed E-state index contributed by atoms with van der Waals surface area (Å²) in [6.07, 6.45) is -0.00899. The highest BCUT2D eigenvalue weighted by atomic mass is 35.5. The summed E-state index contributed by atoms with van der Waals surface area (Å²) in [6, 6.07) is 15.2. The van der Waals surface area contributed by atoms with Crippen molar-refractivity contribution in [3.8, 4) is 0 Å². The number of hydrogen-bond acceptors (Lipinski definition) is 3. The van der Waals surface area contributed by atoms with Crippen LogP contribution < -0.4 is 15.5 Å². The van der Waals surface area contributed by atoms with Crippen LogP contribution >= 0.6 is 23.8 Å². The molecule has 122 valence electrons. The molecule has 2 N–H and O–H groups in total. The third-order valence-electron chi connectivity index (χ3n) is 3.55. The highest BCUT2D eigenvalue weighted by molar-refractivity contribution is 7.80. The molecule has 5 nitrogen and oxygen atoms in total. The van der Waals surface area contributed by atoms with Crippen LogP contribution in [0.4, 0.5) is 11.4 Å². The highest BCUT2D eigenvalue weighted by Gasteiger charge is 2.37. The van der Waals surface area contributed by atoms with Gasteiger partial charge in [0.15, 0.2) is 5.11 Å². The lowest BCUT2D eigenvalue weighted by Crippen LogP contribution is -2.34. The number of nitrogens with one attached hydrogen (secondary N) is 2. The number of carbonyl (C=O) groups is 2. The van der Waals surface area contributed by atoms with Gasteiger partial charge in [-0.1, -0.05) is 29.8 Å². The minimum atomic E-state index is -0.676. The summed E-state index contributed by atoms with van der Waals surface area (Å²) in [5.74, 6) is -0.515. The maximum absolute atomic E-state index is 12.5. The molecule has 1 unspecified atom stereocenters. The molecule has 0 saturated carbocycles. The number of nitrogens with zero attached hydrogens (tertiary/aromatic N) is 1. The molecule has 0 aromatic heterocycles. The van der Waals surface area contributed by atoms with E-state index in [-0.39, 0.29) is 18.2 Å². The Balaban J connectivity index is 1.65. The Kier molecular flexibility index (Phi) is 4.78. The van der Waals surface area contributed by atoms with Gasteiger partial charge in [0.2, 0.25) is 5.91 Å². The molecule has 0 aliphatic carbocycles. The van der Waals surface area contributed by atoms with Gasteiger partial charge >= 0.3 is 0 Å². The van der Waals surface area contributed by atoms with Crippen molar-refractivity contribution in [2.75, 3.05) is 10.2 Å². The molecule has 0 bridgehead atoms. The van der Waals surface area contributed by atoms with E-state index in [2.05, 4.69) is 10.6 Å². The van der Waals surface area contributed by atoms with Crippen molar-refractivity contribution in [1.82, 2.24) is 5.32 Å². The number of anilines is 2. The van der Waals surface area contributed by atoms with Crippen LogP contribution in [0.3, 0.4) is 0 Å². The maximum atomic E-state index is 12.5. The van der Waals surface area contributed by atoms with Crippen molar-refractivity contribution in [2.45, 2.75) is 12.5 Å². The third-order valence-corrected chi connectivity index (χ3v) is 4.10. The van der Waals surface area contributed by atoms with E-state index < -0.39 is 6.04 Å². The zero-order chi connectivity index (χ0) is 17.1. The quantitative estimate of drug-likeness (QED) is 0.824. The van der Waals surface area contributed by atoms with E-state index >= 15 is 0 Å². The first-order valence-corrected chi connectivity index (χ1v) is 8.08. The van der Waals surface area contributed by atoms with Gasteiger partial charge in [-0.3, -0.25) is 14.5 Å². The minimum Gasteiger partial charge on any atom is -0.350 e. The molecule has 1 aliphatic heterocycles. The fourth-order valence-corrected chi connectivity index (χ4v) is 2.89. The van der Waals surface area contributed by atoms with E-state index in [0.717, 1.165) is 0 Å². The Morgan fingerprint density at radius 3 is 2.50 bits per heavy atom. The van der Waals surface area contributed by atoms with Crippen LogP contribution in [0.15, 0.2) is 54.6 Å². The van der Waals surface area contributed by atoms with Crippen molar-refractivity contribution < 1.29 is 9.59 Å². The molecule has 1 heterocycles. The molecule has 0 spiro atoms. The lowest BCUT2D eigenvalue weighted by molar-refractivity contribution is -0.122. The summed E-state index contributed by atoms with van der Waals surface area (Å²) in [4.78, 5) is 26.1. The Labute approximate surface area is 149 Å². The second kappa shape index (κ2) is 6.98. The van der Waals surface area contributed by atoms with E-state index in [9.17, 15) is 9.59 Å². The van der Waals surface area contributed by atoms with E-state index in [0.29, 0.717) is 21.5 Å². The molecule has 1 fully saturated rings. The normalized spacial score (nSPS) is 16.9. The molecule has 1 saturated heterocycles. The average molecular weight is 360 g/mol. The number of halogens is 1. The zero-order valence-electron chi connectivity index (χ0n) is 12.5. The van der Waals surface area contributed by atoms with Gasteiger partial charge in [-0.05, 0) is 48.6 Å². The predicted molar refractivity (Wildman–Crippen MR) is 98.1 cm³/mol. The van der Waals surface area contributed by atoms with Crippen LogP contribution in [0.25, 0.3) is 0 Å². The highest BCUT2D eigenvalue weighted by Crippen LogP contribution is 2.21. The van der Waals surface area contributed by atoms with Crippen molar-refractivity contribution in [3.63, 3.8) is 0 Å². The van der Waals surface area contributed by atoms with Gasteiger partial charge in [0.25, 0.3) is 5.91 Å². The van der Waals surface area contributed by atoms with E-state index in [1.807, 2.05) is 18.2 Å². The van der Waals surface area contributed by atoms with Crippen LogP contribution in [0.2, 0.25) is 5.02 Å². The molecule has 0 radical (unpaired) electrons. The van der Waals surface area contributed by atoms with Crippen LogP contribution in [0.5, 0.6) is 0 Å². The molecule has 1 aliphatic rings. The SMILES string of the molecule is O=C(CC1NC(=S)N(c2ccccc2)C1=O)Nc1ccc(Cl)cc1. The van der Waals surface area contributed by atoms with Crippen molar-refractivity contribution in [1.29, 1.82) is 0 Å². The van der Waals surface area contributed by atoms with E-state index in [4.69, 9.17) is 23.8 Å². The lowest BCUT2D eigenvalue weighted by Gasteiger charge is -2.14. The van der Waals surface area contributed by atoms with Crippen LogP contribution in [-0.2, 0) is 9.59 Å². The topological polar surface area (TPSA) is 61.4 Å². The number of benzene rings is 2. The van der Waals surface area contributed by atoms with Gasteiger partial charge in [0.05, 0.1) is 12.1 Å². The molecule has 7 heteroatoms. The molecule has 2 amide bonds. The van der Waals surface area contributed by atoms with Gasteiger partial charge in [-0.25, -0.2) is 0 Å². The summed E-state index contributed by atoms with van der Waals surface area (Å²) >= 11 is 11.0. The molecule has 1 atom stereocenters. The number of amides is 2. The predicted octanol–water partition coefficient (Wildman–Crippen LogP) is 2.96. The second-order valence-electron chi connectivity index (χ2n) is 5.27. The number of rotatable bonds is 4. The largest absolute Gasteiger partial charge is 0.350 e. The number of thiocarbonyl (C=S) groups is 1. The summed E-state index contributed by atoms with van der Waals surface area (Å²) in [6.45, 7) is 0. The van der Waals surface area contributed by atoms with Crippen LogP contribution in [0, 0.1) is 0 Å². The smallest absolute Gasteiger partial charge is 0.256 e. The Bertz CT molecular complexity index is 780. The molecule has 2 aromatic carbocycles. The van der Waals surface area contributed by atoms with Gasteiger partial charge in [0, 0.05) is 10.7 Å². The molecular formula is C17H14ClN3O2S. The lowest BCUT2D eigenvalue weighted by atomic mass is 10.2. The van der Waals surface area contributed by atoms with E-state index in [1.165, 1.54) is 4.90 Å². The number of hydrogen-bond donors (Lipinski definition) is 2. The second-order valence-corrected chi connectivity index (χ2v) is 6.09. The number of carbonyl (C=O) groups excluding carboxylic acids is 2. The monoisotopic (exact) mass is 359 g/mol. The Hall–Kier alpha value is -2.44. The van der Waals surface area contributed by atoms with Crippen molar-refractivity contribution >= 4 is 52.1 Å². The zero-order valence-corrected chi connectivity index (χ0v) is 14.1. The first-order valence-electron chi connectivity index (χ1n) is 7.29. The van der Waals surface area contributed by atoms with Crippen molar-refractivity contribution in [2.24, 2.45) is 0 Å². The van der Waals surface area contributed by atoms with E-state index in [1.54, 1.807) is 36.4 Å². The summed E-state index contributed by atoms with van der Waals surface area (Å²) in [7, 11) is 0. The van der Waals surface area contributed by atoms with Gasteiger partial charge in [0.1, 0.15) is 6.04 Å². The third kappa shape index (κ3) is 3.55. The van der Waals surface area contributed by atoms with Crippen LogP contribution in [0.1, 0.15) is 6.42 Å². The van der Waals surface area contributed by atoms with Gasteiger partial charge in [-0.15, -0.1) is 0 Å². The summed E-state index contributed by atoms with van der Waals surface area (Å²) in [5.41, 5.74) is 1.30. The first kappa shape index (κ1) is 16.4. The average Bonchev–Trinajstić information content (AvgIpc) is 2.84. The fraction of sp³-hybridized carbons (Fsp3) is 0.118. The summed E-state index contributed by atoms with van der Waals surface area (Å²) in [5, 5.41) is 6.53. The first-order chi connectivity index (χ1) is 11.5. The summed E-state index contributed by atoms with van der Waals surface area (Å²) < 4.78 is 0. The maximum Gasteiger partial charge on any atom is 0.256 e. The van der Waals surface area contributed by atoms with Crippen LogP contribution in [-0.4, -0.2) is 23.0 Å². The Morgan fingerprint density at radius 2 is 1.83 bits per heavy atom. The van der Waals surface area contributed by atoms with Gasteiger partial charge in [-0.2, -0.15) is 0 Å². The standard InChI is InChI=1S/C17H14ClN3O2S/c18-11-6-8-12(9-7-11)19-15(22)10-14-16(23)21(17(24)20-14)13-4-2-1-3-5-13/h1-9,14H,10H2,(H,19,22)(H,20,24). The minimum absolute atomic E-state index is 0.00899. The van der Waals surface area contributed by atoms with Gasteiger partial charge < -0.3 is 10.6 Å². The Morgan fingerprint density at radius 1 is 1.17 bits per heavy atom. The number of para-hydroxylation sites is 1. The molecule has 3 rings (SSSR count). The molecular weight excluding hydrogens is 346 g/mol. The molecule has 24 heavy (non-hydrogen) atoms. The van der Waals surface area contributed by atoms with Crippen molar-refractivity contribution in [3.05, 3.63) is 59.6 Å².